The van der Waals surface area contributed by atoms with Gasteiger partial charge >= 0.3 is 0 Å². The summed E-state index contributed by atoms with van der Waals surface area (Å²) in [7, 11) is 0. The molecule has 0 atom stereocenters. The molecule has 0 aromatic heterocycles. The molecule has 0 saturated heterocycles. The van der Waals surface area contributed by atoms with E-state index >= 15 is 0 Å². The van der Waals surface area contributed by atoms with Gasteiger partial charge in [0.2, 0.25) is 0 Å². The quantitative estimate of drug-likeness (QED) is 0.445. The van der Waals surface area contributed by atoms with Gasteiger partial charge < -0.3 is 0 Å². The van der Waals surface area contributed by atoms with Gasteiger partial charge in [0.05, 0.1) is 6.07 Å². The molecule has 0 aromatic carbocycles. The molecule has 0 aliphatic heterocycles. The van der Waals surface area contributed by atoms with E-state index in [1.165, 1.54) is 5.57 Å². The minimum absolute atomic E-state index is 1.01. The first-order valence-electron chi connectivity index (χ1n) is 3.86. The lowest BCUT2D eigenvalue weighted by molar-refractivity contribution is 0.806. The Hall–Kier alpha value is -1.03. The Morgan fingerprint density at radius 1 is 1.45 bits per heavy atom. The third-order valence-electron chi connectivity index (χ3n) is 1.49. The van der Waals surface area contributed by atoms with Crippen LogP contribution in [0.15, 0.2) is 23.8 Å². The van der Waals surface area contributed by atoms with Crippen molar-refractivity contribution in [3.8, 4) is 6.07 Å². The fraction of sp³-hybridized carbons (Fsp3) is 0.500. The van der Waals surface area contributed by atoms with Crippen molar-refractivity contribution in [3.63, 3.8) is 0 Å². The zero-order chi connectivity index (χ0) is 8.69. The summed E-state index contributed by atoms with van der Waals surface area (Å²) in [6.07, 6.45) is 4.80. The maximum absolute atomic E-state index is 8.30. The molecule has 0 heterocycles. The molecule has 1 nitrogen and oxygen atoms in total. The summed E-state index contributed by atoms with van der Waals surface area (Å²) < 4.78 is 0. The summed E-state index contributed by atoms with van der Waals surface area (Å²) in [5, 5.41) is 8.30. The molecule has 0 bridgehead atoms. The van der Waals surface area contributed by atoms with Gasteiger partial charge in [0, 0.05) is 6.08 Å². The Morgan fingerprint density at radius 3 is 2.55 bits per heavy atom. The van der Waals surface area contributed by atoms with E-state index in [1.807, 2.05) is 19.9 Å². The fourth-order valence-corrected chi connectivity index (χ4v) is 0.851. The van der Waals surface area contributed by atoms with Crippen molar-refractivity contribution in [2.75, 3.05) is 0 Å². The van der Waals surface area contributed by atoms with Crippen molar-refractivity contribution in [1.82, 2.24) is 0 Å². The van der Waals surface area contributed by atoms with Gasteiger partial charge in [0.25, 0.3) is 0 Å². The minimum atomic E-state index is 1.01. The normalized spacial score (nSPS) is 10.8. The summed E-state index contributed by atoms with van der Waals surface area (Å²) in [6, 6.07) is 2.02. The number of nitriles is 1. The first-order valence-corrected chi connectivity index (χ1v) is 3.86. The van der Waals surface area contributed by atoms with Crippen molar-refractivity contribution in [2.45, 2.75) is 33.1 Å². The molecule has 0 spiro atoms. The topological polar surface area (TPSA) is 23.8 Å². The zero-order valence-electron chi connectivity index (χ0n) is 7.35. The molecule has 0 amide bonds. The summed E-state index contributed by atoms with van der Waals surface area (Å²) in [4.78, 5) is 0. The van der Waals surface area contributed by atoms with Gasteiger partial charge in [-0.25, -0.2) is 0 Å². The number of nitrogens with zero attached hydrogens (tertiary/aromatic N) is 1. The highest BCUT2D eigenvalue weighted by Crippen LogP contribution is 2.09. The average molecular weight is 149 g/mol. The van der Waals surface area contributed by atoms with Gasteiger partial charge in [-0.2, -0.15) is 5.26 Å². The minimum Gasteiger partial charge on any atom is -0.193 e. The lowest BCUT2D eigenvalue weighted by Crippen LogP contribution is -1.79. The van der Waals surface area contributed by atoms with Crippen molar-refractivity contribution < 1.29 is 0 Å². The van der Waals surface area contributed by atoms with Crippen LogP contribution in [0.25, 0.3) is 0 Å². The first-order chi connectivity index (χ1) is 5.16. The third-order valence-corrected chi connectivity index (χ3v) is 1.49. The predicted octanol–water partition coefficient (Wildman–Crippen LogP) is 3.20. The Morgan fingerprint density at radius 2 is 2.09 bits per heavy atom. The largest absolute Gasteiger partial charge is 0.193 e. The maximum Gasteiger partial charge on any atom is 0.0911 e. The van der Waals surface area contributed by atoms with E-state index < -0.39 is 0 Å². The lowest BCUT2D eigenvalue weighted by Gasteiger charge is -1.98. The van der Waals surface area contributed by atoms with Crippen LogP contribution in [0, 0.1) is 11.3 Å². The molecule has 0 aliphatic carbocycles. The average Bonchev–Trinajstić information content (AvgIpc) is 1.87. The first kappa shape index (κ1) is 9.97. The lowest BCUT2D eigenvalue weighted by atomic mass is 10.1. The van der Waals surface area contributed by atoms with E-state index in [9.17, 15) is 0 Å². The van der Waals surface area contributed by atoms with Crippen molar-refractivity contribution in [3.05, 3.63) is 23.8 Å². The van der Waals surface area contributed by atoms with Crippen LogP contribution in [-0.4, -0.2) is 0 Å². The molecule has 60 valence electrons. The molecule has 11 heavy (non-hydrogen) atoms. The fourth-order valence-electron chi connectivity index (χ4n) is 0.851. The molecule has 0 saturated carbocycles. The second-order valence-corrected chi connectivity index (χ2v) is 2.93. The van der Waals surface area contributed by atoms with E-state index in [1.54, 1.807) is 6.08 Å². The van der Waals surface area contributed by atoms with Gasteiger partial charge in [0.1, 0.15) is 0 Å². The Bertz CT molecular complexity index is 193. The maximum atomic E-state index is 8.30. The number of allylic oxidation sites excluding steroid dienone is 3. The number of hydrogen-bond donors (Lipinski definition) is 0. The molecule has 0 rings (SSSR count). The van der Waals surface area contributed by atoms with Gasteiger partial charge in [0.15, 0.2) is 0 Å². The Kier molecular flexibility index (Phi) is 5.20. The number of rotatable bonds is 4. The van der Waals surface area contributed by atoms with Crippen LogP contribution in [0.4, 0.5) is 0 Å². The third kappa shape index (κ3) is 6.86. The second kappa shape index (κ2) is 5.73. The van der Waals surface area contributed by atoms with E-state index in [2.05, 4.69) is 6.58 Å². The highest BCUT2D eigenvalue weighted by Gasteiger charge is 1.90. The molecule has 0 unspecified atom stereocenters. The van der Waals surface area contributed by atoms with E-state index in [4.69, 9.17) is 5.26 Å². The van der Waals surface area contributed by atoms with E-state index in [0.717, 1.165) is 24.8 Å². The summed E-state index contributed by atoms with van der Waals surface area (Å²) >= 11 is 0. The van der Waals surface area contributed by atoms with E-state index in [-0.39, 0.29) is 0 Å². The monoisotopic (exact) mass is 149 g/mol. The molecular weight excluding hydrogens is 134 g/mol. The summed E-state index contributed by atoms with van der Waals surface area (Å²) in [6.45, 7) is 7.83. The Balaban J connectivity index is 3.48. The molecule has 0 radical (unpaired) electrons. The van der Waals surface area contributed by atoms with Crippen LogP contribution in [0.3, 0.4) is 0 Å². The predicted molar refractivity (Wildman–Crippen MR) is 48.0 cm³/mol. The van der Waals surface area contributed by atoms with Crippen molar-refractivity contribution in [2.24, 2.45) is 0 Å². The molecule has 0 aromatic rings. The second-order valence-electron chi connectivity index (χ2n) is 2.93. The van der Waals surface area contributed by atoms with Crippen LogP contribution in [-0.2, 0) is 0 Å². The van der Waals surface area contributed by atoms with Gasteiger partial charge in [-0.05, 0) is 33.1 Å². The molecular formula is C10H15N. The van der Waals surface area contributed by atoms with Crippen LogP contribution >= 0.6 is 0 Å². The smallest absolute Gasteiger partial charge is 0.0911 e. The highest BCUT2D eigenvalue weighted by molar-refractivity contribution is 5.11. The van der Waals surface area contributed by atoms with Crippen molar-refractivity contribution in [1.29, 1.82) is 5.26 Å². The van der Waals surface area contributed by atoms with Crippen LogP contribution in [0.2, 0.25) is 0 Å². The SMILES string of the molecule is C=C(C)CCC/C(C)=C/C#N. The molecule has 1 heteroatoms. The molecule has 0 N–H and O–H groups in total. The molecule has 0 fully saturated rings. The highest BCUT2D eigenvalue weighted by atomic mass is 14.2. The van der Waals surface area contributed by atoms with Crippen LogP contribution in [0.5, 0.6) is 0 Å². The standard InChI is InChI=1S/C10H15N/c1-9(2)5-4-6-10(3)7-8-11/h7H,1,4-6H2,2-3H3/b10-7+. The number of hydrogen-bond acceptors (Lipinski definition) is 1. The van der Waals surface area contributed by atoms with Crippen LogP contribution < -0.4 is 0 Å². The van der Waals surface area contributed by atoms with Gasteiger partial charge in [-0.3, -0.25) is 0 Å². The van der Waals surface area contributed by atoms with E-state index in [0.29, 0.717) is 0 Å². The van der Waals surface area contributed by atoms with Gasteiger partial charge in [-0.1, -0.05) is 11.1 Å². The van der Waals surface area contributed by atoms with Gasteiger partial charge in [-0.15, -0.1) is 6.58 Å². The molecule has 0 aliphatic rings. The van der Waals surface area contributed by atoms with Crippen LogP contribution in [0.1, 0.15) is 33.1 Å². The zero-order valence-corrected chi connectivity index (χ0v) is 7.35. The van der Waals surface area contributed by atoms with Crippen molar-refractivity contribution >= 4 is 0 Å². The Labute approximate surface area is 69.0 Å². The summed E-state index contributed by atoms with van der Waals surface area (Å²) in [5.74, 6) is 0. The summed E-state index contributed by atoms with van der Waals surface area (Å²) in [5.41, 5.74) is 2.38.